The number of nitrogens with one attached hydrogen (secondary N) is 1. The third-order valence-corrected chi connectivity index (χ3v) is 2.66. The van der Waals surface area contributed by atoms with Gasteiger partial charge in [0, 0.05) is 5.92 Å². The molecular formula is C12H21NO3. The molecule has 0 aromatic heterocycles. The van der Waals surface area contributed by atoms with Gasteiger partial charge in [0.15, 0.2) is 0 Å². The number of carbonyl (C=O) groups excluding carboxylic acids is 1. The molecule has 0 spiro atoms. The quantitative estimate of drug-likeness (QED) is 0.726. The summed E-state index contributed by atoms with van der Waals surface area (Å²) in [5.74, 6) is 0.151. The SMILES string of the molecule is C=CNC1OC(COC(=O)C(C)C)CC1C. The van der Waals surface area contributed by atoms with E-state index in [1.165, 1.54) is 0 Å². The van der Waals surface area contributed by atoms with E-state index in [1.807, 2.05) is 13.8 Å². The first kappa shape index (κ1) is 13.0. The summed E-state index contributed by atoms with van der Waals surface area (Å²) in [4.78, 5) is 11.3. The Morgan fingerprint density at radius 2 is 2.38 bits per heavy atom. The van der Waals surface area contributed by atoms with Gasteiger partial charge in [-0.25, -0.2) is 0 Å². The Kier molecular flexibility index (Phi) is 4.80. The number of hydrogen-bond donors (Lipinski definition) is 1. The summed E-state index contributed by atoms with van der Waals surface area (Å²) in [6.07, 6.45) is 2.51. The maximum Gasteiger partial charge on any atom is 0.308 e. The Hall–Kier alpha value is -1.03. The van der Waals surface area contributed by atoms with E-state index in [1.54, 1.807) is 6.20 Å². The van der Waals surface area contributed by atoms with Gasteiger partial charge in [-0.1, -0.05) is 27.4 Å². The standard InChI is InChI=1S/C12H21NO3/c1-5-13-11-9(4)6-10(16-11)7-15-12(14)8(2)3/h5,8-11,13H,1,6-7H2,2-4H3. The Bertz CT molecular complexity index is 253. The van der Waals surface area contributed by atoms with Gasteiger partial charge >= 0.3 is 5.97 Å². The van der Waals surface area contributed by atoms with Gasteiger partial charge in [-0.2, -0.15) is 0 Å². The molecule has 0 radical (unpaired) electrons. The van der Waals surface area contributed by atoms with E-state index >= 15 is 0 Å². The molecule has 4 nitrogen and oxygen atoms in total. The molecule has 0 amide bonds. The van der Waals surface area contributed by atoms with E-state index < -0.39 is 0 Å². The Morgan fingerprint density at radius 1 is 1.69 bits per heavy atom. The van der Waals surface area contributed by atoms with Crippen molar-refractivity contribution in [3.05, 3.63) is 12.8 Å². The van der Waals surface area contributed by atoms with Crippen LogP contribution in [-0.2, 0) is 14.3 Å². The van der Waals surface area contributed by atoms with Gasteiger partial charge in [0.1, 0.15) is 12.8 Å². The summed E-state index contributed by atoms with van der Waals surface area (Å²) in [7, 11) is 0. The molecule has 4 heteroatoms. The van der Waals surface area contributed by atoms with Gasteiger partial charge in [-0.3, -0.25) is 4.79 Å². The Labute approximate surface area is 97.0 Å². The maximum absolute atomic E-state index is 11.3. The predicted octanol–water partition coefficient (Wildman–Crippen LogP) is 1.67. The first-order valence-corrected chi connectivity index (χ1v) is 5.73. The van der Waals surface area contributed by atoms with Gasteiger partial charge in [0.25, 0.3) is 0 Å². The smallest absolute Gasteiger partial charge is 0.308 e. The molecule has 0 aliphatic carbocycles. The Balaban J connectivity index is 2.30. The second kappa shape index (κ2) is 5.89. The highest BCUT2D eigenvalue weighted by Gasteiger charge is 2.32. The molecule has 1 aliphatic rings. The van der Waals surface area contributed by atoms with Gasteiger partial charge in [-0.15, -0.1) is 0 Å². The number of hydrogen-bond acceptors (Lipinski definition) is 4. The lowest BCUT2D eigenvalue weighted by Gasteiger charge is -2.15. The zero-order valence-corrected chi connectivity index (χ0v) is 10.2. The van der Waals surface area contributed by atoms with Crippen molar-refractivity contribution in [2.45, 2.75) is 39.5 Å². The number of ether oxygens (including phenoxy) is 2. The number of esters is 1. The molecule has 1 fully saturated rings. The largest absolute Gasteiger partial charge is 0.463 e. The summed E-state index contributed by atoms with van der Waals surface area (Å²) in [5, 5.41) is 3.04. The van der Waals surface area contributed by atoms with Crippen molar-refractivity contribution in [3.63, 3.8) is 0 Å². The van der Waals surface area contributed by atoms with Crippen LogP contribution in [0.3, 0.4) is 0 Å². The van der Waals surface area contributed by atoms with Crippen molar-refractivity contribution in [2.24, 2.45) is 11.8 Å². The van der Waals surface area contributed by atoms with Crippen LogP contribution in [0.25, 0.3) is 0 Å². The van der Waals surface area contributed by atoms with E-state index in [9.17, 15) is 4.79 Å². The molecule has 0 bridgehead atoms. The van der Waals surface area contributed by atoms with Crippen LogP contribution in [0.15, 0.2) is 12.8 Å². The Morgan fingerprint density at radius 3 is 2.94 bits per heavy atom. The molecule has 1 N–H and O–H groups in total. The third kappa shape index (κ3) is 3.52. The average molecular weight is 227 g/mol. The zero-order valence-electron chi connectivity index (χ0n) is 10.2. The summed E-state index contributed by atoms with van der Waals surface area (Å²) >= 11 is 0. The molecule has 1 rings (SSSR count). The van der Waals surface area contributed by atoms with Gasteiger partial charge in [-0.05, 0) is 12.6 Å². The number of rotatable bonds is 5. The van der Waals surface area contributed by atoms with Crippen molar-refractivity contribution in [3.8, 4) is 0 Å². The van der Waals surface area contributed by atoms with Crippen LogP contribution in [0.2, 0.25) is 0 Å². The van der Waals surface area contributed by atoms with Crippen LogP contribution >= 0.6 is 0 Å². The molecule has 92 valence electrons. The molecule has 0 aromatic carbocycles. The summed E-state index contributed by atoms with van der Waals surface area (Å²) in [6.45, 7) is 9.70. The topological polar surface area (TPSA) is 47.6 Å². The van der Waals surface area contributed by atoms with Crippen molar-refractivity contribution in [2.75, 3.05) is 6.61 Å². The maximum atomic E-state index is 11.3. The van der Waals surface area contributed by atoms with Gasteiger partial charge in [0.2, 0.25) is 0 Å². The molecule has 0 saturated carbocycles. The van der Waals surface area contributed by atoms with E-state index in [2.05, 4.69) is 18.8 Å². The highest BCUT2D eigenvalue weighted by atomic mass is 16.6. The van der Waals surface area contributed by atoms with Gasteiger partial charge in [0.05, 0.1) is 12.0 Å². The minimum Gasteiger partial charge on any atom is -0.463 e. The minimum absolute atomic E-state index is 0.00449. The summed E-state index contributed by atoms with van der Waals surface area (Å²) in [6, 6.07) is 0. The van der Waals surface area contributed by atoms with E-state index in [0.717, 1.165) is 6.42 Å². The van der Waals surface area contributed by atoms with Crippen LogP contribution < -0.4 is 5.32 Å². The predicted molar refractivity (Wildman–Crippen MR) is 61.6 cm³/mol. The monoisotopic (exact) mass is 227 g/mol. The third-order valence-electron chi connectivity index (χ3n) is 2.66. The second-order valence-electron chi connectivity index (χ2n) is 4.55. The molecule has 1 aliphatic heterocycles. The fourth-order valence-electron chi connectivity index (χ4n) is 1.70. The first-order chi connectivity index (χ1) is 7.54. The molecule has 1 saturated heterocycles. The fraction of sp³-hybridized carbons (Fsp3) is 0.750. The lowest BCUT2D eigenvalue weighted by atomic mass is 10.1. The lowest BCUT2D eigenvalue weighted by molar-refractivity contribution is -0.151. The highest BCUT2D eigenvalue weighted by molar-refractivity contribution is 5.71. The van der Waals surface area contributed by atoms with Crippen molar-refractivity contribution in [1.29, 1.82) is 0 Å². The van der Waals surface area contributed by atoms with Crippen molar-refractivity contribution >= 4 is 5.97 Å². The molecule has 3 unspecified atom stereocenters. The first-order valence-electron chi connectivity index (χ1n) is 5.73. The number of carbonyl (C=O) groups is 1. The molecule has 0 aromatic rings. The van der Waals surface area contributed by atoms with E-state index in [0.29, 0.717) is 12.5 Å². The molecule has 3 atom stereocenters. The fourth-order valence-corrected chi connectivity index (χ4v) is 1.70. The minimum atomic E-state index is -0.170. The van der Waals surface area contributed by atoms with Gasteiger partial charge < -0.3 is 14.8 Å². The molecular weight excluding hydrogens is 206 g/mol. The summed E-state index contributed by atoms with van der Waals surface area (Å²) < 4.78 is 10.8. The summed E-state index contributed by atoms with van der Waals surface area (Å²) in [5.41, 5.74) is 0. The van der Waals surface area contributed by atoms with Crippen LogP contribution in [0.5, 0.6) is 0 Å². The van der Waals surface area contributed by atoms with E-state index in [4.69, 9.17) is 9.47 Å². The van der Waals surface area contributed by atoms with E-state index in [-0.39, 0.29) is 24.2 Å². The van der Waals surface area contributed by atoms with Crippen LogP contribution in [-0.4, -0.2) is 24.9 Å². The van der Waals surface area contributed by atoms with Crippen molar-refractivity contribution in [1.82, 2.24) is 5.32 Å². The average Bonchev–Trinajstić information content (AvgIpc) is 2.57. The van der Waals surface area contributed by atoms with Crippen molar-refractivity contribution < 1.29 is 14.3 Å². The highest BCUT2D eigenvalue weighted by Crippen LogP contribution is 2.24. The molecule has 1 heterocycles. The second-order valence-corrected chi connectivity index (χ2v) is 4.55. The van der Waals surface area contributed by atoms with Crippen LogP contribution in [0.1, 0.15) is 27.2 Å². The van der Waals surface area contributed by atoms with Crippen LogP contribution in [0.4, 0.5) is 0 Å². The normalized spacial score (nSPS) is 29.1. The van der Waals surface area contributed by atoms with Crippen LogP contribution in [0, 0.1) is 11.8 Å². The zero-order chi connectivity index (χ0) is 12.1. The lowest BCUT2D eigenvalue weighted by Crippen LogP contribution is -2.29. The molecule has 16 heavy (non-hydrogen) atoms.